The van der Waals surface area contributed by atoms with Gasteiger partial charge in [-0.15, -0.1) is 0 Å². The summed E-state index contributed by atoms with van der Waals surface area (Å²) in [6, 6.07) is 13.5. The minimum absolute atomic E-state index is 0.0842. The van der Waals surface area contributed by atoms with E-state index in [2.05, 4.69) is 29.2 Å². The summed E-state index contributed by atoms with van der Waals surface area (Å²) in [6.07, 6.45) is 6.15. The van der Waals surface area contributed by atoms with E-state index in [0.29, 0.717) is 12.6 Å². The third kappa shape index (κ3) is 5.18. The maximum absolute atomic E-state index is 13.7. The average Bonchev–Trinajstić information content (AvgIpc) is 3.45. The monoisotopic (exact) mass is 506 g/mol. The number of ether oxygens (including phenoxy) is 3. The van der Waals surface area contributed by atoms with Gasteiger partial charge in [0.1, 0.15) is 18.2 Å². The number of hydrogen-bond donors (Lipinski definition) is 0. The largest absolute Gasteiger partial charge is 0.460 e. The molecular weight excluding hydrogens is 470 g/mol. The highest BCUT2D eigenvalue weighted by Gasteiger charge is 2.38. The molecule has 0 amide bonds. The first-order valence-corrected chi connectivity index (χ1v) is 13.6. The normalized spacial score (nSPS) is 25.1. The van der Waals surface area contributed by atoms with E-state index in [1.807, 2.05) is 30.3 Å². The van der Waals surface area contributed by atoms with Crippen LogP contribution in [0.15, 0.2) is 47.0 Å². The van der Waals surface area contributed by atoms with E-state index in [4.69, 9.17) is 18.7 Å². The lowest BCUT2D eigenvalue weighted by Crippen LogP contribution is -2.51. The number of likely N-dealkylation sites (tertiary alicyclic amines) is 2. The predicted molar refractivity (Wildman–Crippen MR) is 138 cm³/mol. The zero-order valence-corrected chi connectivity index (χ0v) is 21.6. The van der Waals surface area contributed by atoms with E-state index < -0.39 is 6.04 Å². The summed E-state index contributed by atoms with van der Waals surface area (Å²) in [4.78, 5) is 16.0. The quantitative estimate of drug-likeness (QED) is 0.350. The van der Waals surface area contributed by atoms with Gasteiger partial charge in [0.2, 0.25) is 6.79 Å². The molecule has 0 saturated carbocycles. The lowest BCUT2D eigenvalue weighted by atomic mass is 10.0. The molecule has 6 rings (SSSR count). The van der Waals surface area contributed by atoms with Crippen LogP contribution in [0.5, 0.6) is 11.5 Å². The molecule has 2 aromatic carbocycles. The van der Waals surface area contributed by atoms with E-state index in [0.717, 1.165) is 85.3 Å². The van der Waals surface area contributed by atoms with Gasteiger partial charge in [0.05, 0.1) is 20.1 Å². The highest BCUT2D eigenvalue weighted by molar-refractivity contribution is 5.87. The highest BCUT2D eigenvalue weighted by atomic mass is 16.7. The predicted octanol–water partition coefficient (Wildman–Crippen LogP) is 4.83. The Kier molecular flexibility index (Phi) is 6.78. The Morgan fingerprint density at radius 3 is 2.62 bits per heavy atom. The number of piperidine rings is 1. The van der Waals surface area contributed by atoms with Crippen molar-refractivity contribution in [1.82, 2.24) is 10.1 Å². The van der Waals surface area contributed by atoms with Gasteiger partial charge in [-0.05, 0) is 56.3 Å². The summed E-state index contributed by atoms with van der Waals surface area (Å²) in [5.41, 5.74) is 2.01. The Balaban J connectivity index is 1.14. The molecular formula is C29H36N3O5+. The summed E-state index contributed by atoms with van der Waals surface area (Å²) < 4.78 is 23.9. The fourth-order valence-electron chi connectivity index (χ4n) is 6.03. The van der Waals surface area contributed by atoms with Crippen LogP contribution in [0.25, 0.3) is 10.9 Å². The van der Waals surface area contributed by atoms with Crippen molar-refractivity contribution in [1.29, 1.82) is 0 Å². The third-order valence-electron chi connectivity index (χ3n) is 8.16. The van der Waals surface area contributed by atoms with E-state index in [1.165, 1.54) is 18.4 Å². The van der Waals surface area contributed by atoms with Crippen molar-refractivity contribution in [2.45, 2.75) is 57.2 Å². The fraction of sp³-hybridized carbons (Fsp3) is 0.517. The van der Waals surface area contributed by atoms with Crippen molar-refractivity contribution in [3.8, 4) is 11.5 Å². The Morgan fingerprint density at radius 1 is 1.05 bits per heavy atom. The molecule has 3 aromatic rings. The number of quaternary nitrogens is 1. The summed E-state index contributed by atoms with van der Waals surface area (Å²) in [7, 11) is 2.28. The molecule has 0 N–H and O–H groups in total. The summed E-state index contributed by atoms with van der Waals surface area (Å²) in [5.74, 6) is 2.05. The number of carbonyl (C=O) groups excluding carboxylic acids is 1. The first-order chi connectivity index (χ1) is 18.1. The molecule has 1 aromatic heterocycles. The van der Waals surface area contributed by atoms with Crippen LogP contribution >= 0.6 is 0 Å². The van der Waals surface area contributed by atoms with Crippen molar-refractivity contribution in [2.24, 2.45) is 0 Å². The lowest BCUT2D eigenvalue weighted by Gasteiger charge is -2.40. The van der Waals surface area contributed by atoms with E-state index in [-0.39, 0.29) is 12.1 Å². The minimum atomic E-state index is -0.554. The van der Waals surface area contributed by atoms with Gasteiger partial charge in [0.15, 0.2) is 23.3 Å². The van der Waals surface area contributed by atoms with E-state index >= 15 is 0 Å². The van der Waals surface area contributed by atoms with Crippen LogP contribution in [0, 0.1) is 0 Å². The van der Waals surface area contributed by atoms with Crippen LogP contribution in [0.4, 0.5) is 0 Å². The molecule has 0 aliphatic carbocycles. The molecule has 2 saturated heterocycles. The van der Waals surface area contributed by atoms with Crippen molar-refractivity contribution < 1.29 is 28.0 Å². The number of carbonyl (C=O) groups is 1. The molecule has 4 heterocycles. The first kappa shape index (κ1) is 24.2. The number of fused-ring (bicyclic) bond motifs is 2. The average molecular weight is 507 g/mol. The van der Waals surface area contributed by atoms with E-state index in [9.17, 15) is 4.79 Å². The molecule has 1 atom stereocenters. The van der Waals surface area contributed by atoms with E-state index in [1.54, 1.807) is 0 Å². The van der Waals surface area contributed by atoms with Crippen LogP contribution in [-0.4, -0.2) is 66.6 Å². The van der Waals surface area contributed by atoms with Gasteiger partial charge < -0.3 is 23.2 Å². The van der Waals surface area contributed by atoms with Crippen molar-refractivity contribution in [3.63, 3.8) is 0 Å². The van der Waals surface area contributed by atoms with Gasteiger partial charge >= 0.3 is 5.97 Å². The second-order valence-electron chi connectivity index (χ2n) is 11.0. The molecule has 8 nitrogen and oxygen atoms in total. The summed E-state index contributed by atoms with van der Waals surface area (Å²) in [5, 5.41) is 5.13. The zero-order valence-electron chi connectivity index (χ0n) is 21.6. The Morgan fingerprint density at radius 2 is 1.81 bits per heavy atom. The Bertz CT molecular complexity index is 1240. The molecule has 0 bridgehead atoms. The number of aromatic nitrogens is 1. The number of hydrogen-bond acceptors (Lipinski definition) is 7. The number of rotatable bonds is 6. The molecule has 1 unspecified atom stereocenters. The summed E-state index contributed by atoms with van der Waals surface area (Å²) >= 11 is 0. The van der Waals surface area contributed by atoms with Gasteiger partial charge in [-0.2, -0.15) is 0 Å². The van der Waals surface area contributed by atoms with Crippen LogP contribution in [0.1, 0.15) is 55.9 Å². The minimum Gasteiger partial charge on any atom is -0.460 e. The zero-order chi connectivity index (χ0) is 25.2. The Hall–Kier alpha value is -3.10. The van der Waals surface area contributed by atoms with Gasteiger partial charge in [0, 0.05) is 23.8 Å². The topological polar surface area (TPSA) is 74.0 Å². The van der Waals surface area contributed by atoms with Gasteiger partial charge in [-0.3, -0.25) is 4.90 Å². The fourth-order valence-corrected chi connectivity index (χ4v) is 6.03. The molecule has 8 heteroatoms. The number of nitrogens with zero attached hydrogens (tertiary/aromatic N) is 3. The number of esters is 1. The molecule has 0 spiro atoms. The SMILES string of the molecule is C[N+]1(Cc2ccc3c(c2)OCO3)CCC(OC(=O)C(c2onc3ccccc23)N2CCCCCC2)CC1. The lowest BCUT2D eigenvalue weighted by molar-refractivity contribution is -0.927. The Labute approximate surface area is 217 Å². The van der Waals surface area contributed by atoms with Gasteiger partial charge in [0.25, 0.3) is 0 Å². The van der Waals surface area contributed by atoms with Crippen molar-refractivity contribution in [2.75, 3.05) is 40.0 Å². The highest BCUT2D eigenvalue weighted by Crippen LogP contribution is 2.35. The maximum Gasteiger partial charge on any atom is 0.331 e. The van der Waals surface area contributed by atoms with Crippen molar-refractivity contribution in [3.05, 3.63) is 53.8 Å². The molecule has 3 aliphatic rings. The standard InChI is InChI=1S/C29H36N3O5/c1-32(19-21-10-11-25-26(18-21)35-20-34-25)16-12-22(13-17-32)36-29(33)27(31-14-6-2-3-7-15-31)28-23-8-4-5-9-24(23)30-37-28/h4-5,8-11,18,22,27H,2-3,6-7,12-17,19-20H2,1H3/q+1. The van der Waals surface area contributed by atoms with Crippen LogP contribution in [0.3, 0.4) is 0 Å². The second-order valence-corrected chi connectivity index (χ2v) is 11.0. The molecule has 37 heavy (non-hydrogen) atoms. The second kappa shape index (κ2) is 10.3. The van der Waals surface area contributed by atoms with Crippen molar-refractivity contribution >= 4 is 16.9 Å². The van der Waals surface area contributed by atoms with Crippen LogP contribution in [-0.2, 0) is 16.1 Å². The maximum atomic E-state index is 13.7. The third-order valence-corrected chi connectivity index (χ3v) is 8.16. The van der Waals surface area contributed by atoms with Gasteiger partial charge in [-0.1, -0.05) is 30.1 Å². The summed E-state index contributed by atoms with van der Waals surface area (Å²) in [6.45, 7) is 4.84. The van der Waals surface area contributed by atoms with Crippen LogP contribution < -0.4 is 9.47 Å². The molecule has 2 fully saturated rings. The van der Waals surface area contributed by atoms with Gasteiger partial charge in [-0.25, -0.2) is 4.79 Å². The number of benzene rings is 2. The van der Waals surface area contributed by atoms with Crippen LogP contribution in [0.2, 0.25) is 0 Å². The first-order valence-electron chi connectivity index (χ1n) is 13.6. The molecule has 196 valence electrons. The molecule has 0 radical (unpaired) electrons. The molecule has 3 aliphatic heterocycles. The smallest absolute Gasteiger partial charge is 0.331 e.